The standard InChI is InChI=1S/C17H14ClN3O4/c1-20-14-13(15(22)21(2)17(20)24)11(8-3-5-9(18)6-4-8)12-10(19-14)7-25-16(12)23/h3-6,11,19H,7H2,1-2H3/t11-/m0/s1. The minimum absolute atomic E-state index is 0.0844. The van der Waals surface area contributed by atoms with Gasteiger partial charge < -0.3 is 10.1 Å². The van der Waals surface area contributed by atoms with Crippen LogP contribution in [-0.2, 0) is 23.6 Å². The number of rotatable bonds is 1. The van der Waals surface area contributed by atoms with Crippen molar-refractivity contribution in [3.63, 3.8) is 0 Å². The topological polar surface area (TPSA) is 82.3 Å². The average molecular weight is 360 g/mol. The maximum atomic E-state index is 12.8. The summed E-state index contributed by atoms with van der Waals surface area (Å²) in [6, 6.07) is 6.93. The molecule has 0 saturated heterocycles. The van der Waals surface area contributed by atoms with E-state index in [0.29, 0.717) is 27.7 Å². The first-order chi connectivity index (χ1) is 11.9. The molecule has 0 radical (unpaired) electrons. The van der Waals surface area contributed by atoms with Gasteiger partial charge in [-0.05, 0) is 17.7 Å². The molecular formula is C17H14ClN3O4. The van der Waals surface area contributed by atoms with Crippen molar-refractivity contribution >= 4 is 23.4 Å². The van der Waals surface area contributed by atoms with Crippen LogP contribution in [0.4, 0.5) is 5.82 Å². The lowest BCUT2D eigenvalue weighted by molar-refractivity contribution is -0.136. The van der Waals surface area contributed by atoms with Gasteiger partial charge in [0.15, 0.2) is 0 Å². The van der Waals surface area contributed by atoms with Gasteiger partial charge in [0.05, 0.1) is 22.8 Å². The molecule has 0 unspecified atom stereocenters. The second-order valence-corrected chi connectivity index (χ2v) is 6.48. The highest BCUT2D eigenvalue weighted by atomic mass is 35.5. The molecule has 128 valence electrons. The summed E-state index contributed by atoms with van der Waals surface area (Å²) >= 11 is 5.97. The zero-order chi connectivity index (χ0) is 17.9. The summed E-state index contributed by atoms with van der Waals surface area (Å²) in [6.07, 6.45) is 0. The van der Waals surface area contributed by atoms with Crippen LogP contribution in [0, 0.1) is 0 Å². The largest absolute Gasteiger partial charge is 0.456 e. The molecule has 2 aliphatic rings. The second-order valence-electron chi connectivity index (χ2n) is 6.05. The van der Waals surface area contributed by atoms with E-state index in [1.165, 1.54) is 11.6 Å². The van der Waals surface area contributed by atoms with Gasteiger partial charge in [-0.2, -0.15) is 0 Å². The molecule has 1 aromatic carbocycles. The smallest absolute Gasteiger partial charge is 0.337 e. The van der Waals surface area contributed by atoms with E-state index in [4.69, 9.17) is 16.3 Å². The average Bonchev–Trinajstić information content (AvgIpc) is 2.98. The van der Waals surface area contributed by atoms with Gasteiger partial charge in [0.1, 0.15) is 12.4 Å². The monoisotopic (exact) mass is 359 g/mol. The Balaban J connectivity index is 2.08. The summed E-state index contributed by atoms with van der Waals surface area (Å²) < 4.78 is 7.55. The van der Waals surface area contributed by atoms with Crippen molar-refractivity contribution in [1.82, 2.24) is 9.13 Å². The Morgan fingerprint density at radius 1 is 1.12 bits per heavy atom. The number of hydrogen-bond acceptors (Lipinski definition) is 5. The number of hydrogen-bond donors (Lipinski definition) is 1. The van der Waals surface area contributed by atoms with Crippen molar-refractivity contribution in [2.75, 3.05) is 11.9 Å². The Labute approximate surface area is 147 Å². The van der Waals surface area contributed by atoms with Crippen molar-refractivity contribution in [1.29, 1.82) is 0 Å². The van der Waals surface area contributed by atoms with Crippen LogP contribution in [0.1, 0.15) is 17.0 Å². The highest BCUT2D eigenvalue weighted by Crippen LogP contribution is 2.42. The van der Waals surface area contributed by atoms with Crippen LogP contribution >= 0.6 is 11.6 Å². The fourth-order valence-corrected chi connectivity index (χ4v) is 3.50. The molecule has 4 rings (SSSR count). The summed E-state index contributed by atoms with van der Waals surface area (Å²) in [5.74, 6) is -0.710. The van der Waals surface area contributed by atoms with Gasteiger partial charge in [-0.3, -0.25) is 13.9 Å². The van der Waals surface area contributed by atoms with E-state index in [9.17, 15) is 14.4 Å². The summed E-state index contributed by atoms with van der Waals surface area (Å²) in [6.45, 7) is 0.0844. The normalized spacial score (nSPS) is 18.5. The van der Waals surface area contributed by atoms with Gasteiger partial charge >= 0.3 is 11.7 Å². The molecule has 8 heteroatoms. The molecule has 0 bridgehead atoms. The number of anilines is 1. The van der Waals surface area contributed by atoms with Crippen molar-refractivity contribution in [2.24, 2.45) is 14.1 Å². The van der Waals surface area contributed by atoms with Crippen molar-refractivity contribution in [3.8, 4) is 0 Å². The lowest BCUT2D eigenvalue weighted by atomic mass is 9.83. The van der Waals surface area contributed by atoms with Gasteiger partial charge in [0, 0.05) is 19.1 Å². The van der Waals surface area contributed by atoms with Gasteiger partial charge in [-0.15, -0.1) is 0 Å². The molecule has 3 heterocycles. The molecule has 1 atom stereocenters. The second kappa shape index (κ2) is 5.35. The van der Waals surface area contributed by atoms with Gasteiger partial charge in [-0.25, -0.2) is 9.59 Å². The fraction of sp³-hybridized carbons (Fsp3) is 0.235. The Morgan fingerprint density at radius 3 is 2.48 bits per heavy atom. The SMILES string of the molecule is Cn1c2c(c(=O)n(C)c1=O)[C@@H](c1ccc(Cl)cc1)C1=C(COC1=O)N2. The third-order valence-electron chi connectivity index (χ3n) is 4.64. The summed E-state index contributed by atoms with van der Waals surface area (Å²) in [5, 5.41) is 3.59. The van der Waals surface area contributed by atoms with Crippen LogP contribution in [-0.4, -0.2) is 21.7 Å². The Kier molecular flexibility index (Phi) is 3.36. The number of carbonyl (C=O) groups excluding carboxylic acids is 1. The van der Waals surface area contributed by atoms with Crippen LogP contribution in [0.2, 0.25) is 5.02 Å². The highest BCUT2D eigenvalue weighted by Gasteiger charge is 2.41. The zero-order valence-electron chi connectivity index (χ0n) is 13.5. The first-order valence-electron chi connectivity index (χ1n) is 7.62. The van der Waals surface area contributed by atoms with E-state index < -0.39 is 23.1 Å². The fourth-order valence-electron chi connectivity index (χ4n) is 3.37. The first-order valence-corrected chi connectivity index (χ1v) is 8.00. The summed E-state index contributed by atoms with van der Waals surface area (Å²) in [7, 11) is 3.00. The van der Waals surface area contributed by atoms with E-state index in [0.717, 1.165) is 10.1 Å². The number of fused-ring (bicyclic) bond motifs is 1. The number of nitrogens with zero attached hydrogens (tertiary/aromatic N) is 2. The quantitative estimate of drug-likeness (QED) is 0.771. The van der Waals surface area contributed by atoms with Crippen molar-refractivity contribution in [3.05, 3.63) is 72.5 Å². The van der Waals surface area contributed by atoms with Crippen LogP contribution in [0.15, 0.2) is 45.1 Å². The maximum absolute atomic E-state index is 12.8. The van der Waals surface area contributed by atoms with Crippen LogP contribution in [0.5, 0.6) is 0 Å². The number of esters is 1. The van der Waals surface area contributed by atoms with E-state index in [1.807, 2.05) is 0 Å². The predicted molar refractivity (Wildman–Crippen MR) is 91.8 cm³/mol. The van der Waals surface area contributed by atoms with Gasteiger partial charge in [0.2, 0.25) is 0 Å². The van der Waals surface area contributed by atoms with Gasteiger partial charge in [-0.1, -0.05) is 23.7 Å². The maximum Gasteiger partial charge on any atom is 0.337 e. The third kappa shape index (κ3) is 2.16. The van der Waals surface area contributed by atoms with Crippen LogP contribution < -0.4 is 16.6 Å². The summed E-state index contributed by atoms with van der Waals surface area (Å²) in [4.78, 5) is 37.4. The Bertz CT molecular complexity index is 1060. The number of cyclic esters (lactones) is 1. The highest BCUT2D eigenvalue weighted by molar-refractivity contribution is 6.30. The minimum Gasteiger partial charge on any atom is -0.456 e. The molecule has 1 aromatic heterocycles. The van der Waals surface area contributed by atoms with E-state index in [-0.39, 0.29) is 6.61 Å². The Morgan fingerprint density at radius 2 is 1.80 bits per heavy atom. The number of nitrogens with one attached hydrogen (secondary N) is 1. The molecule has 2 aliphatic heterocycles. The molecular weight excluding hydrogens is 346 g/mol. The lowest BCUT2D eigenvalue weighted by Gasteiger charge is -2.28. The number of ether oxygens (including phenoxy) is 1. The van der Waals surface area contributed by atoms with Crippen molar-refractivity contribution in [2.45, 2.75) is 5.92 Å². The van der Waals surface area contributed by atoms with Crippen LogP contribution in [0.25, 0.3) is 0 Å². The molecule has 0 aliphatic carbocycles. The molecule has 0 amide bonds. The molecule has 2 aromatic rings. The predicted octanol–water partition coefficient (Wildman–Crippen LogP) is 1.11. The minimum atomic E-state index is -0.621. The number of carbonyl (C=O) groups is 1. The first kappa shape index (κ1) is 15.7. The van der Waals surface area contributed by atoms with Crippen LogP contribution in [0.3, 0.4) is 0 Å². The van der Waals surface area contributed by atoms with Gasteiger partial charge in [0.25, 0.3) is 5.56 Å². The summed E-state index contributed by atoms with van der Waals surface area (Å²) in [5.41, 5.74) is 1.14. The molecule has 25 heavy (non-hydrogen) atoms. The molecule has 0 fully saturated rings. The Hall–Kier alpha value is -2.80. The number of benzene rings is 1. The van der Waals surface area contributed by atoms with Crippen molar-refractivity contribution < 1.29 is 9.53 Å². The number of halogens is 1. The van der Waals surface area contributed by atoms with E-state index >= 15 is 0 Å². The van der Waals surface area contributed by atoms with E-state index in [2.05, 4.69) is 5.32 Å². The molecule has 7 nitrogen and oxygen atoms in total. The lowest BCUT2D eigenvalue weighted by Crippen LogP contribution is -2.43. The molecule has 0 spiro atoms. The zero-order valence-corrected chi connectivity index (χ0v) is 14.3. The molecule has 0 saturated carbocycles. The third-order valence-corrected chi connectivity index (χ3v) is 4.89. The van der Waals surface area contributed by atoms with E-state index in [1.54, 1.807) is 31.3 Å². The number of aromatic nitrogens is 2. The molecule has 1 N–H and O–H groups in total.